The van der Waals surface area contributed by atoms with E-state index < -0.39 is 0 Å². The van der Waals surface area contributed by atoms with E-state index in [-0.39, 0.29) is 6.03 Å². The maximum Gasteiger partial charge on any atom is 0.317 e. The molecule has 104 valence electrons. The third kappa shape index (κ3) is 2.96. The van der Waals surface area contributed by atoms with Gasteiger partial charge in [-0.05, 0) is 17.9 Å². The molecule has 0 bridgehead atoms. The quantitative estimate of drug-likeness (QED) is 0.937. The zero-order valence-corrected chi connectivity index (χ0v) is 11.9. The summed E-state index contributed by atoms with van der Waals surface area (Å²) in [6.45, 7) is 1.99. The molecule has 0 saturated heterocycles. The van der Waals surface area contributed by atoms with Crippen molar-refractivity contribution < 1.29 is 4.79 Å². The third-order valence-corrected chi connectivity index (χ3v) is 4.31. The van der Waals surface area contributed by atoms with E-state index in [2.05, 4.69) is 26.7 Å². The molecule has 3 heterocycles. The zero-order valence-electron chi connectivity index (χ0n) is 11.1. The first-order chi connectivity index (χ1) is 9.83. The van der Waals surface area contributed by atoms with Crippen LogP contribution in [0.2, 0.25) is 0 Å². The van der Waals surface area contributed by atoms with E-state index in [1.165, 1.54) is 4.88 Å². The molecule has 20 heavy (non-hydrogen) atoms. The fraction of sp³-hybridized carbons (Fsp3) is 0.357. The summed E-state index contributed by atoms with van der Waals surface area (Å²) in [6.07, 6.45) is 5.05. The molecule has 0 aromatic carbocycles. The summed E-state index contributed by atoms with van der Waals surface area (Å²) in [5, 5.41) is 5.03. The summed E-state index contributed by atoms with van der Waals surface area (Å²) < 4.78 is 0. The van der Waals surface area contributed by atoms with Gasteiger partial charge in [-0.2, -0.15) is 0 Å². The molecule has 0 saturated carbocycles. The number of nitrogens with one attached hydrogen (secondary N) is 1. The van der Waals surface area contributed by atoms with Crippen LogP contribution in [0, 0.1) is 0 Å². The Kier molecular flexibility index (Phi) is 3.92. The Bertz CT molecular complexity index is 585. The van der Waals surface area contributed by atoms with E-state index >= 15 is 0 Å². The number of fused-ring (bicyclic) bond motifs is 1. The zero-order chi connectivity index (χ0) is 13.8. The smallest absolute Gasteiger partial charge is 0.317 e. The monoisotopic (exact) mass is 288 g/mol. The number of nitrogens with zero attached hydrogens (tertiary/aromatic N) is 3. The first kappa shape index (κ1) is 13.1. The highest BCUT2D eigenvalue weighted by Gasteiger charge is 2.21. The van der Waals surface area contributed by atoms with Gasteiger partial charge in [0.15, 0.2) is 0 Å². The summed E-state index contributed by atoms with van der Waals surface area (Å²) in [6, 6.07) is 4.12. The van der Waals surface area contributed by atoms with Crippen molar-refractivity contribution in [2.75, 3.05) is 13.1 Å². The fourth-order valence-electron chi connectivity index (χ4n) is 2.30. The van der Waals surface area contributed by atoms with Gasteiger partial charge in [-0.1, -0.05) is 6.07 Å². The highest BCUT2D eigenvalue weighted by Crippen LogP contribution is 2.15. The minimum absolute atomic E-state index is 0.00365. The van der Waals surface area contributed by atoms with E-state index in [4.69, 9.17) is 0 Å². The van der Waals surface area contributed by atoms with E-state index in [0.717, 1.165) is 30.6 Å². The second-order valence-corrected chi connectivity index (χ2v) is 5.76. The average molecular weight is 288 g/mol. The molecule has 0 radical (unpaired) electrons. The van der Waals surface area contributed by atoms with Gasteiger partial charge in [-0.3, -0.25) is 0 Å². The summed E-state index contributed by atoms with van der Waals surface area (Å²) in [5.41, 5.74) is 2.11. The predicted octanol–water partition coefficient (Wildman–Crippen LogP) is 1.85. The fourth-order valence-corrected chi connectivity index (χ4v) is 3.01. The van der Waals surface area contributed by atoms with Crippen molar-refractivity contribution in [2.45, 2.75) is 19.4 Å². The summed E-state index contributed by atoms with van der Waals surface area (Å²) in [4.78, 5) is 23.5. The van der Waals surface area contributed by atoms with Gasteiger partial charge in [0.1, 0.15) is 6.33 Å². The average Bonchev–Trinajstić information content (AvgIpc) is 3.00. The lowest BCUT2D eigenvalue weighted by Gasteiger charge is -2.27. The molecule has 0 aliphatic carbocycles. The summed E-state index contributed by atoms with van der Waals surface area (Å²) in [7, 11) is 0. The minimum atomic E-state index is -0.00365. The van der Waals surface area contributed by atoms with Gasteiger partial charge in [-0.25, -0.2) is 14.8 Å². The molecule has 0 fully saturated rings. The van der Waals surface area contributed by atoms with Crippen LogP contribution in [0.3, 0.4) is 0 Å². The van der Waals surface area contributed by atoms with Crippen molar-refractivity contribution >= 4 is 17.4 Å². The molecule has 0 spiro atoms. The molecule has 6 heteroatoms. The molecule has 1 aliphatic heterocycles. The van der Waals surface area contributed by atoms with Crippen LogP contribution < -0.4 is 5.32 Å². The molecule has 1 aliphatic rings. The summed E-state index contributed by atoms with van der Waals surface area (Å²) in [5.74, 6) is 0. The van der Waals surface area contributed by atoms with Gasteiger partial charge in [-0.15, -0.1) is 11.3 Å². The van der Waals surface area contributed by atoms with Crippen molar-refractivity contribution in [3.05, 3.63) is 46.2 Å². The van der Waals surface area contributed by atoms with Crippen molar-refractivity contribution in [1.29, 1.82) is 0 Å². The molecule has 3 rings (SSSR count). The number of thiophene rings is 1. The third-order valence-electron chi connectivity index (χ3n) is 3.38. The lowest BCUT2D eigenvalue weighted by molar-refractivity contribution is 0.192. The summed E-state index contributed by atoms with van der Waals surface area (Å²) >= 11 is 1.72. The van der Waals surface area contributed by atoms with Gasteiger partial charge < -0.3 is 10.2 Å². The number of carbonyl (C=O) groups excluding carboxylic acids is 1. The SMILES string of the molecule is O=C(NCCc1cccs1)N1CCc2ncncc2C1. The molecule has 5 nitrogen and oxygen atoms in total. The van der Waals surface area contributed by atoms with Crippen LogP contribution in [0.4, 0.5) is 4.79 Å². The highest BCUT2D eigenvalue weighted by atomic mass is 32.1. The van der Waals surface area contributed by atoms with Crippen LogP contribution in [0.5, 0.6) is 0 Å². The largest absolute Gasteiger partial charge is 0.338 e. The molecule has 2 aromatic rings. The van der Waals surface area contributed by atoms with Crippen LogP contribution >= 0.6 is 11.3 Å². The Morgan fingerprint density at radius 3 is 3.30 bits per heavy atom. The van der Waals surface area contributed by atoms with Crippen LogP contribution in [0.15, 0.2) is 30.0 Å². The van der Waals surface area contributed by atoms with Gasteiger partial charge >= 0.3 is 6.03 Å². The maximum atomic E-state index is 12.1. The standard InChI is InChI=1S/C14H16N4OS/c19-14(16-5-3-12-2-1-7-20-12)18-6-4-13-11(9-18)8-15-10-17-13/h1-2,7-8,10H,3-6,9H2,(H,16,19). The Balaban J connectivity index is 1.51. The lowest BCUT2D eigenvalue weighted by Crippen LogP contribution is -2.43. The van der Waals surface area contributed by atoms with E-state index in [0.29, 0.717) is 13.1 Å². The second-order valence-electron chi connectivity index (χ2n) is 4.73. The van der Waals surface area contributed by atoms with Gasteiger partial charge in [0.2, 0.25) is 0 Å². The molecular formula is C14H16N4OS. The Hall–Kier alpha value is -1.95. The van der Waals surface area contributed by atoms with Crippen molar-refractivity contribution in [2.24, 2.45) is 0 Å². The van der Waals surface area contributed by atoms with E-state index in [9.17, 15) is 4.79 Å². The Morgan fingerprint density at radius 1 is 1.50 bits per heavy atom. The van der Waals surface area contributed by atoms with Crippen LogP contribution in [-0.4, -0.2) is 34.0 Å². The molecule has 2 aromatic heterocycles. The first-order valence-electron chi connectivity index (χ1n) is 6.66. The normalized spacial score (nSPS) is 13.9. The molecule has 0 unspecified atom stereocenters. The first-order valence-corrected chi connectivity index (χ1v) is 7.54. The minimum Gasteiger partial charge on any atom is -0.338 e. The van der Waals surface area contributed by atoms with Gasteiger partial charge in [0, 0.05) is 36.1 Å². The maximum absolute atomic E-state index is 12.1. The number of amides is 2. The van der Waals surface area contributed by atoms with Crippen molar-refractivity contribution in [3.8, 4) is 0 Å². The number of hydrogen-bond acceptors (Lipinski definition) is 4. The second kappa shape index (κ2) is 6.00. The van der Waals surface area contributed by atoms with Crippen LogP contribution in [0.25, 0.3) is 0 Å². The number of rotatable bonds is 3. The number of aromatic nitrogens is 2. The van der Waals surface area contributed by atoms with Gasteiger partial charge in [0.25, 0.3) is 0 Å². The van der Waals surface area contributed by atoms with Crippen LogP contribution in [0.1, 0.15) is 16.1 Å². The van der Waals surface area contributed by atoms with E-state index in [1.807, 2.05) is 11.0 Å². The molecule has 1 N–H and O–H groups in total. The van der Waals surface area contributed by atoms with Crippen molar-refractivity contribution in [1.82, 2.24) is 20.2 Å². The molecule has 0 atom stereocenters. The topological polar surface area (TPSA) is 58.1 Å². The molecular weight excluding hydrogens is 272 g/mol. The Labute approximate surface area is 121 Å². The molecule has 2 amide bonds. The lowest BCUT2D eigenvalue weighted by atomic mass is 10.1. The Morgan fingerprint density at radius 2 is 2.45 bits per heavy atom. The van der Waals surface area contributed by atoms with Crippen molar-refractivity contribution in [3.63, 3.8) is 0 Å². The number of urea groups is 1. The van der Waals surface area contributed by atoms with Gasteiger partial charge in [0.05, 0.1) is 12.2 Å². The number of carbonyl (C=O) groups is 1. The van der Waals surface area contributed by atoms with E-state index in [1.54, 1.807) is 23.9 Å². The predicted molar refractivity (Wildman–Crippen MR) is 77.6 cm³/mol. The van der Waals surface area contributed by atoms with Crippen LogP contribution in [-0.2, 0) is 19.4 Å². The number of hydrogen-bond donors (Lipinski definition) is 1. The highest BCUT2D eigenvalue weighted by molar-refractivity contribution is 7.09.